The van der Waals surface area contributed by atoms with Crippen LogP contribution in [0.15, 0.2) is 48.5 Å². The Morgan fingerprint density at radius 2 is 1.57 bits per heavy atom. The summed E-state index contributed by atoms with van der Waals surface area (Å²) in [6, 6.07) is 16.4. The number of hydrogen-bond donors (Lipinski definition) is 2. The van der Waals surface area contributed by atoms with E-state index in [2.05, 4.69) is 29.6 Å². The number of rotatable bonds is 7. The van der Waals surface area contributed by atoms with E-state index in [0.29, 0.717) is 32.4 Å². The first-order chi connectivity index (χ1) is 16.6. The highest BCUT2D eigenvalue weighted by Crippen LogP contribution is 2.44. The van der Waals surface area contributed by atoms with Gasteiger partial charge in [0.2, 0.25) is 5.91 Å². The fourth-order valence-electron chi connectivity index (χ4n) is 5.01. The molecule has 2 aliphatic rings. The van der Waals surface area contributed by atoms with E-state index in [1.807, 2.05) is 38.1 Å². The SMILES string of the molecule is CC(C)(CCC(=O)N1CCC(C)(C(=O)O)CC1)NC(=O)OCC1c2ccccc2-c2ccccc21. The van der Waals surface area contributed by atoms with Crippen LogP contribution in [0.5, 0.6) is 0 Å². The van der Waals surface area contributed by atoms with Crippen molar-refractivity contribution in [3.05, 3.63) is 59.7 Å². The minimum Gasteiger partial charge on any atom is -0.481 e. The van der Waals surface area contributed by atoms with E-state index < -0.39 is 23.0 Å². The Balaban J connectivity index is 1.27. The molecular weight excluding hydrogens is 444 g/mol. The molecule has 1 heterocycles. The van der Waals surface area contributed by atoms with Crippen LogP contribution in [0.1, 0.15) is 63.5 Å². The Bertz CT molecular complexity index is 1070. The molecule has 0 unspecified atom stereocenters. The summed E-state index contributed by atoms with van der Waals surface area (Å²) in [4.78, 5) is 38.5. The van der Waals surface area contributed by atoms with Gasteiger partial charge >= 0.3 is 12.1 Å². The normalized spacial score (nSPS) is 16.8. The lowest BCUT2D eigenvalue weighted by Crippen LogP contribution is -2.47. The Labute approximate surface area is 206 Å². The van der Waals surface area contributed by atoms with Crippen LogP contribution >= 0.6 is 0 Å². The summed E-state index contributed by atoms with van der Waals surface area (Å²) in [5, 5.41) is 12.3. The number of carbonyl (C=O) groups is 3. The highest BCUT2D eigenvalue weighted by molar-refractivity contribution is 5.79. The number of nitrogens with zero attached hydrogens (tertiary/aromatic N) is 1. The first kappa shape index (κ1) is 24.8. The predicted octanol–water partition coefficient (Wildman–Crippen LogP) is 4.80. The molecule has 1 aliphatic heterocycles. The highest BCUT2D eigenvalue weighted by Gasteiger charge is 2.38. The van der Waals surface area contributed by atoms with E-state index in [1.54, 1.807) is 11.8 Å². The van der Waals surface area contributed by atoms with Crippen LogP contribution in [0.4, 0.5) is 4.79 Å². The number of piperidine rings is 1. The summed E-state index contributed by atoms with van der Waals surface area (Å²) in [7, 11) is 0. The Morgan fingerprint density at radius 1 is 1.03 bits per heavy atom. The molecular formula is C28H34N2O5. The van der Waals surface area contributed by atoms with Crippen molar-refractivity contribution < 1.29 is 24.2 Å². The third-order valence-electron chi connectivity index (χ3n) is 7.48. The molecule has 2 aromatic rings. The molecule has 186 valence electrons. The summed E-state index contributed by atoms with van der Waals surface area (Å²) in [6.45, 7) is 6.62. The molecule has 1 aliphatic carbocycles. The van der Waals surface area contributed by atoms with Crippen molar-refractivity contribution >= 4 is 18.0 Å². The van der Waals surface area contributed by atoms with Gasteiger partial charge in [-0.3, -0.25) is 9.59 Å². The molecule has 0 aromatic heterocycles. The molecule has 7 nitrogen and oxygen atoms in total. The number of carbonyl (C=O) groups excluding carboxylic acids is 2. The molecule has 1 fully saturated rings. The second-order valence-electron chi connectivity index (χ2n) is 10.6. The van der Waals surface area contributed by atoms with Gasteiger partial charge in [-0.05, 0) is 62.3 Å². The predicted molar refractivity (Wildman–Crippen MR) is 133 cm³/mol. The van der Waals surface area contributed by atoms with Crippen LogP contribution in [0.25, 0.3) is 11.1 Å². The van der Waals surface area contributed by atoms with Crippen molar-refractivity contribution in [3.8, 4) is 11.1 Å². The number of hydrogen-bond acceptors (Lipinski definition) is 4. The van der Waals surface area contributed by atoms with E-state index >= 15 is 0 Å². The molecule has 0 saturated carbocycles. The first-order valence-electron chi connectivity index (χ1n) is 12.2. The van der Waals surface area contributed by atoms with Crippen molar-refractivity contribution in [3.63, 3.8) is 0 Å². The van der Waals surface area contributed by atoms with Gasteiger partial charge in [-0.1, -0.05) is 48.5 Å². The van der Waals surface area contributed by atoms with Gasteiger partial charge in [0.15, 0.2) is 0 Å². The van der Waals surface area contributed by atoms with Gasteiger partial charge in [-0.2, -0.15) is 0 Å². The van der Waals surface area contributed by atoms with E-state index in [9.17, 15) is 19.5 Å². The van der Waals surface area contributed by atoms with Crippen molar-refractivity contribution in [2.45, 2.75) is 57.9 Å². The molecule has 0 bridgehead atoms. The largest absolute Gasteiger partial charge is 0.481 e. The van der Waals surface area contributed by atoms with E-state index in [4.69, 9.17) is 4.74 Å². The number of carboxylic acid groups (broad SMARTS) is 1. The number of fused-ring (bicyclic) bond motifs is 3. The minimum atomic E-state index is -0.807. The molecule has 35 heavy (non-hydrogen) atoms. The first-order valence-corrected chi connectivity index (χ1v) is 12.2. The van der Waals surface area contributed by atoms with E-state index in [-0.39, 0.29) is 24.9 Å². The summed E-state index contributed by atoms with van der Waals surface area (Å²) in [6.07, 6.45) is 1.15. The minimum absolute atomic E-state index is 0.00608. The monoisotopic (exact) mass is 478 g/mol. The summed E-state index contributed by atoms with van der Waals surface area (Å²) < 4.78 is 5.64. The fourth-order valence-corrected chi connectivity index (χ4v) is 5.01. The van der Waals surface area contributed by atoms with Gasteiger partial charge in [-0.25, -0.2) is 4.79 Å². The standard InChI is InChI=1S/C28H34N2O5/c1-27(2,13-12-24(31)30-16-14-28(3,15-17-30)25(32)33)29-26(34)35-18-23-21-10-6-4-8-19(21)20-9-5-7-11-22(20)23/h4-11,23H,12-18H2,1-3H3,(H,29,34)(H,32,33). The Kier molecular flexibility index (Phi) is 6.88. The van der Waals surface area contributed by atoms with Gasteiger partial charge in [0, 0.05) is 31.0 Å². The molecule has 4 rings (SSSR count). The lowest BCUT2D eigenvalue weighted by molar-refractivity contribution is -0.153. The lowest BCUT2D eigenvalue weighted by atomic mass is 9.80. The maximum absolute atomic E-state index is 12.7. The maximum atomic E-state index is 12.7. The fraction of sp³-hybridized carbons (Fsp3) is 0.464. The quantitative estimate of drug-likeness (QED) is 0.596. The van der Waals surface area contributed by atoms with Gasteiger partial charge in [0.05, 0.1) is 5.41 Å². The summed E-state index contributed by atoms with van der Waals surface area (Å²) in [5.74, 6) is -0.827. The molecule has 2 N–H and O–H groups in total. The highest BCUT2D eigenvalue weighted by atomic mass is 16.5. The number of carboxylic acids is 1. The molecule has 0 atom stereocenters. The van der Waals surface area contributed by atoms with E-state index in [1.165, 1.54) is 11.1 Å². The summed E-state index contributed by atoms with van der Waals surface area (Å²) >= 11 is 0. The number of ether oxygens (including phenoxy) is 1. The zero-order chi connectivity index (χ0) is 25.2. The van der Waals surface area contributed by atoms with Crippen molar-refractivity contribution in [1.82, 2.24) is 10.2 Å². The van der Waals surface area contributed by atoms with E-state index in [0.717, 1.165) is 11.1 Å². The topological polar surface area (TPSA) is 95.9 Å². The van der Waals surface area contributed by atoms with Gasteiger partial charge in [-0.15, -0.1) is 0 Å². The number of amides is 2. The van der Waals surface area contributed by atoms with Crippen molar-refractivity contribution in [1.29, 1.82) is 0 Å². The maximum Gasteiger partial charge on any atom is 0.407 e. The average molecular weight is 479 g/mol. The lowest BCUT2D eigenvalue weighted by Gasteiger charge is -2.37. The molecule has 1 saturated heterocycles. The molecule has 7 heteroatoms. The Hall–Kier alpha value is -3.35. The number of likely N-dealkylation sites (tertiary alicyclic amines) is 1. The second-order valence-corrected chi connectivity index (χ2v) is 10.6. The van der Waals surface area contributed by atoms with Gasteiger partial charge < -0.3 is 20.1 Å². The van der Waals surface area contributed by atoms with Crippen molar-refractivity contribution in [2.75, 3.05) is 19.7 Å². The molecule has 2 amide bonds. The van der Waals surface area contributed by atoms with Crippen LogP contribution in [0, 0.1) is 5.41 Å². The zero-order valence-corrected chi connectivity index (χ0v) is 20.7. The molecule has 0 spiro atoms. The van der Waals surface area contributed by atoms with Crippen molar-refractivity contribution in [2.24, 2.45) is 5.41 Å². The molecule has 0 radical (unpaired) electrons. The Morgan fingerprint density at radius 3 is 2.11 bits per heavy atom. The number of aliphatic carboxylic acids is 1. The molecule has 2 aromatic carbocycles. The van der Waals surface area contributed by atoms with Gasteiger partial charge in [0.1, 0.15) is 6.61 Å². The van der Waals surface area contributed by atoms with Crippen LogP contribution in [0.2, 0.25) is 0 Å². The van der Waals surface area contributed by atoms with Crippen LogP contribution < -0.4 is 5.32 Å². The number of nitrogens with one attached hydrogen (secondary N) is 1. The third-order valence-corrected chi connectivity index (χ3v) is 7.48. The zero-order valence-electron chi connectivity index (χ0n) is 20.7. The summed E-state index contributed by atoms with van der Waals surface area (Å²) in [5.41, 5.74) is 3.29. The second kappa shape index (κ2) is 9.72. The van der Waals surface area contributed by atoms with Crippen LogP contribution in [-0.4, -0.2) is 53.2 Å². The number of alkyl carbamates (subject to hydrolysis) is 1. The van der Waals surface area contributed by atoms with Crippen LogP contribution in [-0.2, 0) is 14.3 Å². The van der Waals surface area contributed by atoms with Gasteiger partial charge in [0.25, 0.3) is 0 Å². The third kappa shape index (κ3) is 5.34. The number of benzene rings is 2. The van der Waals surface area contributed by atoms with Crippen LogP contribution in [0.3, 0.4) is 0 Å². The smallest absolute Gasteiger partial charge is 0.407 e. The average Bonchev–Trinajstić information content (AvgIpc) is 3.15.